The van der Waals surface area contributed by atoms with Crippen LogP contribution >= 0.6 is 0 Å². The summed E-state index contributed by atoms with van der Waals surface area (Å²) in [5.41, 5.74) is 6.36. The van der Waals surface area contributed by atoms with E-state index in [1.165, 1.54) is 32.1 Å². The second-order valence-corrected chi connectivity index (χ2v) is 13.7. The Labute approximate surface area is 252 Å². The fourth-order valence-corrected chi connectivity index (χ4v) is 7.95. The first kappa shape index (κ1) is 34.2. The number of hydrogen-bond acceptors (Lipinski definition) is 3. The summed E-state index contributed by atoms with van der Waals surface area (Å²) < 4.78 is 80.8. The third-order valence-electron chi connectivity index (χ3n) is 10.6. The highest BCUT2D eigenvalue weighted by Gasteiger charge is 2.51. The summed E-state index contributed by atoms with van der Waals surface area (Å²) in [5.74, 6) is -3.36. The highest BCUT2D eigenvalue weighted by Crippen LogP contribution is 2.48. The van der Waals surface area contributed by atoms with E-state index in [1.807, 2.05) is 0 Å². The number of aliphatic imine (C=N–C) groups is 1. The molecule has 3 saturated carbocycles. The minimum absolute atomic E-state index is 0.0742. The summed E-state index contributed by atoms with van der Waals surface area (Å²) in [7, 11) is 1.65. The second-order valence-electron chi connectivity index (χ2n) is 13.7. The minimum Gasteiger partial charge on any atom is -0.370 e. The number of piperazine rings is 1. The SMILES string of the molecule is CN(CCC1CC(C(F)(F)F)CC(C(F)(F)F)C1)C(=O)C(C1CCCCC1)N1CCN(C(N)=NCC2CCCCC2)CC1. The van der Waals surface area contributed by atoms with Crippen LogP contribution in [-0.2, 0) is 4.79 Å². The molecule has 6 nitrogen and oxygen atoms in total. The molecule has 12 heteroatoms. The van der Waals surface area contributed by atoms with Crippen molar-refractivity contribution < 1.29 is 31.1 Å². The van der Waals surface area contributed by atoms with Crippen LogP contribution in [0, 0.1) is 29.6 Å². The van der Waals surface area contributed by atoms with Crippen molar-refractivity contribution in [3.8, 4) is 0 Å². The maximum atomic E-state index is 13.9. The number of alkyl halides is 6. The number of halogens is 6. The Balaban J connectivity index is 1.35. The van der Waals surface area contributed by atoms with Gasteiger partial charge >= 0.3 is 12.4 Å². The van der Waals surface area contributed by atoms with Crippen LogP contribution in [0.1, 0.15) is 89.9 Å². The molecule has 1 heterocycles. The Hall–Kier alpha value is -1.72. The Morgan fingerprint density at radius 2 is 1.35 bits per heavy atom. The summed E-state index contributed by atoms with van der Waals surface area (Å²) >= 11 is 0. The Morgan fingerprint density at radius 3 is 1.88 bits per heavy atom. The van der Waals surface area contributed by atoms with Gasteiger partial charge in [-0.25, -0.2) is 0 Å². The van der Waals surface area contributed by atoms with Crippen LogP contribution in [-0.4, -0.2) is 91.3 Å². The number of guanidine groups is 1. The third kappa shape index (κ3) is 9.63. The van der Waals surface area contributed by atoms with Gasteiger partial charge in [0.15, 0.2) is 5.96 Å². The fourth-order valence-electron chi connectivity index (χ4n) is 7.95. The largest absolute Gasteiger partial charge is 0.391 e. The van der Waals surface area contributed by atoms with Crippen molar-refractivity contribution in [3.05, 3.63) is 0 Å². The van der Waals surface area contributed by atoms with E-state index in [1.54, 1.807) is 11.9 Å². The van der Waals surface area contributed by atoms with Crippen molar-refractivity contribution in [2.45, 2.75) is 108 Å². The Kier molecular flexibility index (Phi) is 11.9. The summed E-state index contributed by atoms with van der Waals surface area (Å²) in [6, 6.07) is -0.343. The second kappa shape index (κ2) is 15.0. The molecule has 1 saturated heterocycles. The van der Waals surface area contributed by atoms with E-state index in [-0.39, 0.29) is 43.7 Å². The van der Waals surface area contributed by atoms with Crippen LogP contribution in [0.5, 0.6) is 0 Å². The van der Waals surface area contributed by atoms with Gasteiger partial charge in [0.2, 0.25) is 5.91 Å². The summed E-state index contributed by atoms with van der Waals surface area (Å²) in [6.07, 6.45) is 0.669. The van der Waals surface area contributed by atoms with Crippen LogP contribution in [0.15, 0.2) is 4.99 Å². The quantitative estimate of drug-likeness (QED) is 0.192. The van der Waals surface area contributed by atoms with Gasteiger partial charge in [0.25, 0.3) is 0 Å². The monoisotopic (exact) mass is 623 g/mol. The van der Waals surface area contributed by atoms with Gasteiger partial charge in [0.1, 0.15) is 0 Å². The van der Waals surface area contributed by atoms with E-state index in [9.17, 15) is 31.1 Å². The first-order valence-corrected chi connectivity index (χ1v) is 16.5. The zero-order valence-electron chi connectivity index (χ0n) is 25.6. The van der Waals surface area contributed by atoms with Gasteiger partial charge in [-0.15, -0.1) is 0 Å². The molecule has 0 spiro atoms. The number of carbonyl (C=O) groups excluding carboxylic acids is 1. The van der Waals surface area contributed by atoms with Gasteiger partial charge in [0.05, 0.1) is 17.9 Å². The maximum absolute atomic E-state index is 13.9. The van der Waals surface area contributed by atoms with Gasteiger partial charge in [-0.3, -0.25) is 14.7 Å². The molecule has 0 aromatic heterocycles. The smallest absolute Gasteiger partial charge is 0.370 e. The highest BCUT2D eigenvalue weighted by atomic mass is 19.4. The number of likely N-dealkylation sites (N-methyl/N-ethyl adjacent to an activating group) is 1. The normalized spacial score (nSPS) is 28.6. The number of hydrogen-bond donors (Lipinski definition) is 1. The first-order chi connectivity index (χ1) is 20.3. The number of rotatable bonds is 8. The number of nitrogens with two attached hydrogens (primary N) is 1. The van der Waals surface area contributed by atoms with Crippen molar-refractivity contribution in [1.82, 2.24) is 14.7 Å². The molecule has 248 valence electrons. The average molecular weight is 624 g/mol. The van der Waals surface area contributed by atoms with Crippen molar-refractivity contribution >= 4 is 11.9 Å². The lowest BCUT2D eigenvalue weighted by Gasteiger charge is -2.44. The predicted molar refractivity (Wildman–Crippen MR) is 155 cm³/mol. The van der Waals surface area contributed by atoms with Gasteiger partial charge < -0.3 is 15.5 Å². The molecule has 0 bridgehead atoms. The van der Waals surface area contributed by atoms with Crippen molar-refractivity contribution in [2.75, 3.05) is 46.3 Å². The lowest BCUT2D eigenvalue weighted by Crippen LogP contribution is -2.59. The minimum atomic E-state index is -4.65. The molecule has 1 aliphatic heterocycles. The van der Waals surface area contributed by atoms with Crippen molar-refractivity contribution in [3.63, 3.8) is 0 Å². The molecular formula is C31H51F6N5O. The van der Waals surface area contributed by atoms with Crippen LogP contribution in [0.3, 0.4) is 0 Å². The van der Waals surface area contributed by atoms with E-state index < -0.39 is 36.5 Å². The molecule has 0 radical (unpaired) electrons. The third-order valence-corrected chi connectivity index (χ3v) is 10.6. The molecular weight excluding hydrogens is 572 g/mol. The summed E-state index contributed by atoms with van der Waals surface area (Å²) in [6.45, 7) is 3.56. The van der Waals surface area contributed by atoms with Gasteiger partial charge in [-0.2, -0.15) is 26.3 Å². The molecule has 0 aromatic rings. The van der Waals surface area contributed by atoms with Gasteiger partial charge in [-0.1, -0.05) is 38.5 Å². The standard InChI is InChI=1S/C31H51F6N5O/c1-40(13-12-23-18-25(30(32,33)34)20-26(19-23)31(35,36)37)28(43)27(24-10-6-3-7-11-24)41-14-16-42(17-15-41)29(38)39-21-22-8-4-2-5-9-22/h22-27H,2-21H2,1H3,(H2,38,39). The van der Waals surface area contributed by atoms with Gasteiger partial charge in [0, 0.05) is 46.3 Å². The Morgan fingerprint density at radius 1 is 0.814 bits per heavy atom. The molecule has 0 aromatic carbocycles. The fraction of sp³-hybridized carbons (Fsp3) is 0.935. The molecule has 3 aliphatic carbocycles. The predicted octanol–water partition coefficient (Wildman–Crippen LogP) is 6.45. The number of amides is 1. The molecule has 3 unspecified atom stereocenters. The van der Waals surface area contributed by atoms with Gasteiger partial charge in [-0.05, 0) is 69.1 Å². The molecule has 1 amide bonds. The maximum Gasteiger partial charge on any atom is 0.391 e. The van der Waals surface area contributed by atoms with E-state index in [0.29, 0.717) is 38.1 Å². The lowest BCUT2D eigenvalue weighted by molar-refractivity contribution is -0.229. The Bertz CT molecular complexity index is 885. The van der Waals surface area contributed by atoms with Crippen LogP contribution in [0.25, 0.3) is 0 Å². The highest BCUT2D eigenvalue weighted by molar-refractivity contribution is 5.82. The van der Waals surface area contributed by atoms with Crippen LogP contribution in [0.2, 0.25) is 0 Å². The molecule has 4 rings (SSSR count). The van der Waals surface area contributed by atoms with Crippen LogP contribution < -0.4 is 5.73 Å². The zero-order chi connectivity index (χ0) is 31.2. The van der Waals surface area contributed by atoms with E-state index in [2.05, 4.69) is 9.80 Å². The summed E-state index contributed by atoms with van der Waals surface area (Å²) in [4.78, 5) is 24.5. The topological polar surface area (TPSA) is 65.2 Å². The lowest BCUT2D eigenvalue weighted by atomic mass is 9.73. The molecule has 4 fully saturated rings. The number of nitrogens with zero attached hydrogens (tertiary/aromatic N) is 4. The van der Waals surface area contributed by atoms with E-state index >= 15 is 0 Å². The first-order valence-electron chi connectivity index (χ1n) is 16.5. The molecule has 3 atom stereocenters. The summed E-state index contributed by atoms with van der Waals surface area (Å²) in [5, 5.41) is 0. The zero-order valence-corrected chi connectivity index (χ0v) is 25.6. The van der Waals surface area contributed by atoms with E-state index in [0.717, 1.165) is 38.6 Å². The molecule has 4 aliphatic rings. The van der Waals surface area contributed by atoms with Crippen molar-refractivity contribution in [2.24, 2.45) is 40.3 Å². The van der Waals surface area contributed by atoms with Crippen molar-refractivity contribution in [1.29, 1.82) is 0 Å². The molecule has 2 N–H and O–H groups in total. The van der Waals surface area contributed by atoms with E-state index in [4.69, 9.17) is 10.7 Å². The molecule has 43 heavy (non-hydrogen) atoms. The number of carbonyl (C=O) groups is 1. The average Bonchev–Trinajstić information content (AvgIpc) is 2.99. The van der Waals surface area contributed by atoms with Crippen LogP contribution in [0.4, 0.5) is 26.3 Å².